The molecule has 1 aliphatic rings. The smallest absolute Gasteiger partial charge is 0.137 e. The second-order valence-electron chi connectivity index (χ2n) is 21.8. The summed E-state index contributed by atoms with van der Waals surface area (Å²) in [7, 11) is 0. The molecule has 0 fully saturated rings. The number of aromatic nitrogens is 2. The fourth-order valence-electron chi connectivity index (χ4n) is 10.5. The molecular formula is C67H64N4O. The van der Waals surface area contributed by atoms with Crippen LogP contribution >= 0.6 is 0 Å². The third kappa shape index (κ3) is 8.41. The van der Waals surface area contributed by atoms with Gasteiger partial charge < -0.3 is 14.5 Å². The molecule has 5 heteroatoms. The lowest BCUT2D eigenvalue weighted by atomic mass is 9.73. The highest BCUT2D eigenvalue weighted by molar-refractivity contribution is 6.09. The molecule has 10 aromatic rings. The molecule has 0 saturated heterocycles. The van der Waals surface area contributed by atoms with Crippen LogP contribution in [0.15, 0.2) is 194 Å². The van der Waals surface area contributed by atoms with E-state index in [1.165, 1.54) is 38.9 Å². The zero-order chi connectivity index (χ0) is 52.6. The van der Waals surface area contributed by atoms with Gasteiger partial charge in [-0.1, -0.05) is 158 Å². The molecule has 3 heterocycles. The van der Waals surface area contributed by atoms with Crippen LogP contribution in [0.25, 0.3) is 38.8 Å². The third-order valence-corrected chi connectivity index (χ3v) is 15.3. The van der Waals surface area contributed by atoms with Crippen LogP contribution in [-0.2, 0) is 16.2 Å². The summed E-state index contributed by atoms with van der Waals surface area (Å²) in [6.07, 6.45) is 1.58. The SMILES string of the molecule is [2H]C([2H])([2H])c1ccnc(-n2c3ccccc3c3ccc(Oc4cc(-c5ccc(C(C)(C)C)cc5)cc(N5CN(c6cc(C(C)(C)c7ccccc7)cc(C(C)(C)c7ccccc7)c6)c6cc(C)c(C)cc65)c4)cc32)c1. The first-order valence-electron chi connectivity index (χ1n) is 26.6. The molecule has 72 heavy (non-hydrogen) atoms. The molecule has 11 rings (SSSR count). The predicted octanol–water partition coefficient (Wildman–Crippen LogP) is 17.8. The second kappa shape index (κ2) is 17.8. The van der Waals surface area contributed by atoms with Crippen molar-refractivity contribution in [3.63, 3.8) is 0 Å². The number of fused-ring (bicyclic) bond motifs is 4. The number of hydrogen-bond donors (Lipinski definition) is 0. The number of aryl methyl sites for hydroxylation is 3. The Kier molecular flexibility index (Phi) is 10.6. The zero-order valence-electron chi connectivity index (χ0n) is 45.9. The van der Waals surface area contributed by atoms with Gasteiger partial charge in [0.05, 0.1) is 22.4 Å². The first-order chi connectivity index (χ1) is 35.7. The van der Waals surface area contributed by atoms with Gasteiger partial charge in [0.15, 0.2) is 0 Å². The Morgan fingerprint density at radius 3 is 1.67 bits per heavy atom. The fourth-order valence-corrected chi connectivity index (χ4v) is 10.5. The Balaban J connectivity index is 1.06. The summed E-state index contributed by atoms with van der Waals surface area (Å²) in [5.41, 5.74) is 16.7. The molecule has 0 saturated carbocycles. The van der Waals surface area contributed by atoms with Crippen LogP contribution < -0.4 is 14.5 Å². The van der Waals surface area contributed by atoms with Gasteiger partial charge in [0.25, 0.3) is 0 Å². The van der Waals surface area contributed by atoms with Gasteiger partial charge in [0.1, 0.15) is 24.0 Å². The maximum Gasteiger partial charge on any atom is 0.137 e. The highest BCUT2D eigenvalue weighted by Crippen LogP contribution is 2.50. The Labute approximate surface area is 430 Å². The van der Waals surface area contributed by atoms with Crippen LogP contribution in [-0.4, -0.2) is 16.2 Å². The van der Waals surface area contributed by atoms with E-state index in [2.05, 4.69) is 218 Å². The van der Waals surface area contributed by atoms with Gasteiger partial charge in [-0.15, -0.1) is 0 Å². The van der Waals surface area contributed by atoms with Crippen molar-refractivity contribution in [3.8, 4) is 28.4 Å². The Hall–Kier alpha value is -7.89. The van der Waals surface area contributed by atoms with Crippen molar-refractivity contribution in [2.24, 2.45) is 0 Å². The molecule has 1 aliphatic heterocycles. The van der Waals surface area contributed by atoms with Gasteiger partial charge in [-0.25, -0.2) is 4.98 Å². The second-order valence-corrected chi connectivity index (χ2v) is 21.8. The van der Waals surface area contributed by atoms with Crippen LogP contribution in [0.4, 0.5) is 22.7 Å². The van der Waals surface area contributed by atoms with Gasteiger partial charge in [0, 0.05) is 55.4 Å². The molecule has 358 valence electrons. The van der Waals surface area contributed by atoms with Crippen LogP contribution in [0.5, 0.6) is 11.5 Å². The van der Waals surface area contributed by atoms with Gasteiger partial charge >= 0.3 is 0 Å². The van der Waals surface area contributed by atoms with Crippen molar-refractivity contribution < 1.29 is 8.85 Å². The predicted molar refractivity (Wildman–Crippen MR) is 303 cm³/mol. The van der Waals surface area contributed by atoms with Crippen molar-refractivity contribution in [1.82, 2.24) is 9.55 Å². The van der Waals surface area contributed by atoms with Crippen molar-refractivity contribution >= 4 is 44.6 Å². The lowest BCUT2D eigenvalue weighted by Crippen LogP contribution is -2.27. The lowest BCUT2D eigenvalue weighted by molar-refractivity contribution is 0.483. The molecule has 0 spiro atoms. The molecule has 5 nitrogen and oxygen atoms in total. The summed E-state index contributed by atoms with van der Waals surface area (Å²) in [4.78, 5) is 9.64. The standard InChI is InChI=1S/C67H64N4O/c1-44-31-32-68-64(33-44)71-60-24-18-17-23-58(60)59-30-29-56(42-61(59)71)72-57-37-48(47-25-27-49(28-26-47)65(4,5)6)36-54(41-57)69-43-70(63-35-46(3)45(2)34-62(63)69)55-39-52(66(7,8)50-19-13-11-14-20-50)38-53(40-55)67(9,10)51-21-15-12-16-22-51/h11-42H,43H2,1-10H3/i1D3. The molecule has 0 amide bonds. The summed E-state index contributed by atoms with van der Waals surface area (Å²) >= 11 is 0. The van der Waals surface area contributed by atoms with Crippen molar-refractivity contribution in [3.05, 3.63) is 239 Å². The monoisotopic (exact) mass is 944 g/mol. The minimum Gasteiger partial charge on any atom is -0.457 e. The third-order valence-electron chi connectivity index (χ3n) is 15.3. The van der Waals surface area contributed by atoms with E-state index in [1.54, 1.807) is 18.3 Å². The number of para-hydroxylation sites is 1. The van der Waals surface area contributed by atoms with E-state index in [9.17, 15) is 0 Å². The number of nitrogens with zero attached hydrogens (tertiary/aromatic N) is 4. The van der Waals surface area contributed by atoms with Crippen molar-refractivity contribution in [1.29, 1.82) is 0 Å². The minimum absolute atomic E-state index is 0.00183. The quantitative estimate of drug-likeness (QED) is 0.137. The average molecular weight is 944 g/mol. The number of rotatable bonds is 10. The van der Waals surface area contributed by atoms with E-state index in [1.807, 2.05) is 34.9 Å². The number of hydrogen-bond acceptors (Lipinski definition) is 4. The van der Waals surface area contributed by atoms with Crippen molar-refractivity contribution in [2.75, 3.05) is 16.5 Å². The summed E-state index contributed by atoms with van der Waals surface area (Å²) in [6, 6.07) is 66.7. The van der Waals surface area contributed by atoms with Crippen LogP contribution in [0, 0.1) is 20.7 Å². The molecule has 0 radical (unpaired) electrons. The molecule has 0 atom stereocenters. The van der Waals surface area contributed by atoms with Crippen LogP contribution in [0.3, 0.4) is 0 Å². The number of benzene rings is 8. The summed E-state index contributed by atoms with van der Waals surface area (Å²) in [5.74, 6) is 1.86. The van der Waals surface area contributed by atoms with Crippen LogP contribution in [0.1, 0.15) is 97.1 Å². The van der Waals surface area contributed by atoms with Gasteiger partial charge in [0.2, 0.25) is 0 Å². The van der Waals surface area contributed by atoms with E-state index < -0.39 is 6.85 Å². The molecule has 0 unspecified atom stereocenters. The van der Waals surface area contributed by atoms with Crippen LogP contribution in [0.2, 0.25) is 0 Å². The largest absolute Gasteiger partial charge is 0.457 e. The van der Waals surface area contributed by atoms with Gasteiger partial charge in [-0.2, -0.15) is 0 Å². The van der Waals surface area contributed by atoms with Gasteiger partial charge in [-0.05, 0) is 148 Å². The Morgan fingerprint density at radius 1 is 0.472 bits per heavy atom. The molecule has 2 aromatic heterocycles. The van der Waals surface area contributed by atoms with E-state index in [4.69, 9.17) is 13.8 Å². The average Bonchev–Trinajstić information content (AvgIpc) is 3.95. The minimum atomic E-state index is -2.28. The highest BCUT2D eigenvalue weighted by atomic mass is 16.5. The number of ether oxygens (including phenoxy) is 1. The number of pyridine rings is 1. The first-order valence-corrected chi connectivity index (χ1v) is 25.1. The lowest BCUT2D eigenvalue weighted by Gasteiger charge is -2.33. The first kappa shape index (κ1) is 42.9. The van der Waals surface area contributed by atoms with Gasteiger partial charge in [-0.3, -0.25) is 4.57 Å². The molecule has 0 bridgehead atoms. The van der Waals surface area contributed by atoms with E-state index in [0.29, 0.717) is 24.0 Å². The van der Waals surface area contributed by atoms with E-state index in [0.717, 1.165) is 55.7 Å². The van der Waals surface area contributed by atoms with Crippen molar-refractivity contribution in [2.45, 2.75) is 85.4 Å². The zero-order valence-corrected chi connectivity index (χ0v) is 42.9. The Bertz CT molecular complexity index is 3700. The normalized spacial score (nSPS) is 13.8. The number of anilines is 4. The molecule has 0 aliphatic carbocycles. The summed E-state index contributed by atoms with van der Waals surface area (Å²) in [5, 5.41) is 2.05. The summed E-state index contributed by atoms with van der Waals surface area (Å²) < 4.78 is 33.6. The maximum atomic E-state index is 8.18. The fraction of sp³-hybridized carbons (Fsp3) is 0.209. The highest BCUT2D eigenvalue weighted by Gasteiger charge is 2.34. The van der Waals surface area contributed by atoms with E-state index >= 15 is 0 Å². The maximum absolute atomic E-state index is 8.18. The molecular weight excluding hydrogens is 877 g/mol. The summed E-state index contributed by atoms with van der Waals surface area (Å²) in [6.45, 7) is 18.8. The van der Waals surface area contributed by atoms with E-state index in [-0.39, 0.29) is 21.8 Å². The molecule has 0 N–H and O–H groups in total. The Morgan fingerprint density at radius 2 is 1.06 bits per heavy atom. The molecule has 8 aromatic carbocycles. The topological polar surface area (TPSA) is 33.5 Å².